The Morgan fingerprint density at radius 2 is 2.09 bits per heavy atom. The summed E-state index contributed by atoms with van der Waals surface area (Å²) in [6.07, 6.45) is 0. The van der Waals surface area contributed by atoms with Crippen LogP contribution in [0.25, 0.3) is 10.2 Å². The molecular formula is C15H17ClN2O3S. The van der Waals surface area contributed by atoms with E-state index >= 15 is 0 Å². The third kappa shape index (κ3) is 3.23. The first-order valence-corrected chi connectivity index (χ1v) is 7.98. The number of aromatic nitrogens is 1. The molecule has 7 heteroatoms. The van der Waals surface area contributed by atoms with Crippen LogP contribution in [-0.2, 0) is 20.9 Å². The number of thiazole rings is 1. The Hall–Kier alpha value is -1.66. The van der Waals surface area contributed by atoms with Gasteiger partial charge in [0.15, 0.2) is 4.80 Å². The quantitative estimate of drug-likeness (QED) is 0.807. The van der Waals surface area contributed by atoms with Gasteiger partial charge in [0.25, 0.3) is 5.91 Å². The van der Waals surface area contributed by atoms with E-state index in [1.165, 1.54) is 18.4 Å². The third-order valence-corrected chi connectivity index (χ3v) is 4.70. The Kier molecular flexibility index (Phi) is 5.03. The molecule has 0 aliphatic heterocycles. The number of hydrogen-bond donors (Lipinski definition) is 0. The zero-order valence-corrected chi connectivity index (χ0v) is 14.4. The molecule has 5 nitrogen and oxygen atoms in total. The van der Waals surface area contributed by atoms with Crippen LogP contribution in [0, 0.1) is 12.8 Å². The Morgan fingerprint density at radius 3 is 2.68 bits per heavy atom. The number of nitrogens with zero attached hydrogens (tertiary/aromatic N) is 2. The van der Waals surface area contributed by atoms with Crippen molar-refractivity contribution in [2.45, 2.75) is 27.3 Å². The van der Waals surface area contributed by atoms with Crippen LogP contribution in [0.5, 0.6) is 0 Å². The standard InChI is InChI=1S/C15H17ClN2O3S/c1-8(2)14(20)17-15-18(7-12(19)21-4)13-9(3)10(16)5-6-11(13)22-15/h5-6,8H,7H2,1-4H3. The van der Waals surface area contributed by atoms with Gasteiger partial charge >= 0.3 is 5.97 Å². The molecule has 0 radical (unpaired) electrons. The van der Waals surface area contributed by atoms with E-state index in [4.69, 9.17) is 16.3 Å². The summed E-state index contributed by atoms with van der Waals surface area (Å²) in [5, 5.41) is 0.602. The molecule has 1 aromatic heterocycles. The Balaban J connectivity index is 2.75. The highest BCUT2D eigenvalue weighted by atomic mass is 35.5. The van der Waals surface area contributed by atoms with Crippen LogP contribution >= 0.6 is 22.9 Å². The van der Waals surface area contributed by atoms with Crippen molar-refractivity contribution in [3.8, 4) is 0 Å². The topological polar surface area (TPSA) is 60.7 Å². The molecule has 2 rings (SSSR count). The number of esters is 1. The fourth-order valence-electron chi connectivity index (χ4n) is 1.96. The van der Waals surface area contributed by atoms with Gasteiger partial charge in [-0.15, -0.1) is 0 Å². The van der Waals surface area contributed by atoms with Crippen molar-refractivity contribution in [1.29, 1.82) is 0 Å². The van der Waals surface area contributed by atoms with Gasteiger partial charge in [-0.3, -0.25) is 9.59 Å². The molecule has 118 valence electrons. The van der Waals surface area contributed by atoms with Crippen LogP contribution in [0.2, 0.25) is 5.02 Å². The number of rotatable bonds is 3. The highest BCUT2D eigenvalue weighted by Crippen LogP contribution is 2.27. The van der Waals surface area contributed by atoms with Gasteiger partial charge in [-0.1, -0.05) is 36.8 Å². The number of aryl methyl sites for hydroxylation is 1. The lowest BCUT2D eigenvalue weighted by Gasteiger charge is -2.07. The van der Waals surface area contributed by atoms with Gasteiger partial charge in [0.05, 0.1) is 17.3 Å². The normalized spacial score (nSPS) is 12.2. The van der Waals surface area contributed by atoms with E-state index in [2.05, 4.69) is 4.99 Å². The zero-order chi connectivity index (χ0) is 16.4. The summed E-state index contributed by atoms with van der Waals surface area (Å²) in [5.74, 6) is -0.840. The minimum absolute atomic E-state index is 0.0120. The van der Waals surface area contributed by atoms with Crippen LogP contribution in [0.1, 0.15) is 19.4 Å². The van der Waals surface area contributed by atoms with E-state index in [9.17, 15) is 9.59 Å². The largest absolute Gasteiger partial charge is 0.468 e. The predicted octanol–water partition coefficient (Wildman–Crippen LogP) is 2.92. The molecule has 1 amide bonds. The highest BCUT2D eigenvalue weighted by Gasteiger charge is 2.15. The molecule has 1 heterocycles. The SMILES string of the molecule is COC(=O)Cn1c(=NC(=O)C(C)C)sc2ccc(Cl)c(C)c21. The summed E-state index contributed by atoms with van der Waals surface area (Å²) in [6.45, 7) is 5.43. The maximum absolute atomic E-state index is 11.9. The molecule has 0 saturated carbocycles. The van der Waals surface area contributed by atoms with E-state index in [0.29, 0.717) is 9.82 Å². The summed E-state index contributed by atoms with van der Waals surface area (Å²) >= 11 is 7.53. The minimum atomic E-state index is -0.405. The lowest BCUT2D eigenvalue weighted by atomic mass is 10.2. The first-order chi connectivity index (χ1) is 10.3. The van der Waals surface area contributed by atoms with Crippen LogP contribution < -0.4 is 4.80 Å². The maximum Gasteiger partial charge on any atom is 0.325 e. The molecule has 22 heavy (non-hydrogen) atoms. The monoisotopic (exact) mass is 340 g/mol. The van der Waals surface area contributed by atoms with E-state index < -0.39 is 5.97 Å². The molecule has 0 unspecified atom stereocenters. The van der Waals surface area contributed by atoms with Gasteiger partial charge in [-0.25, -0.2) is 0 Å². The number of hydrogen-bond acceptors (Lipinski definition) is 4. The van der Waals surface area contributed by atoms with Crippen LogP contribution in [0.3, 0.4) is 0 Å². The molecule has 0 atom stereocenters. The first-order valence-electron chi connectivity index (χ1n) is 6.79. The maximum atomic E-state index is 11.9. The van der Waals surface area contributed by atoms with Crippen molar-refractivity contribution in [2.24, 2.45) is 10.9 Å². The summed E-state index contributed by atoms with van der Waals surface area (Å²) < 4.78 is 7.34. The molecule has 0 spiro atoms. The van der Waals surface area contributed by atoms with Gasteiger partial charge in [-0.2, -0.15) is 4.99 Å². The number of benzene rings is 1. The van der Waals surface area contributed by atoms with Gasteiger partial charge < -0.3 is 9.30 Å². The zero-order valence-electron chi connectivity index (χ0n) is 12.8. The van der Waals surface area contributed by atoms with Crippen LogP contribution in [0.4, 0.5) is 0 Å². The molecule has 0 saturated heterocycles. The van der Waals surface area contributed by atoms with Crippen molar-refractivity contribution in [3.63, 3.8) is 0 Å². The molecule has 0 aliphatic carbocycles. The Morgan fingerprint density at radius 1 is 1.41 bits per heavy atom. The molecule has 0 fully saturated rings. The fraction of sp³-hybridized carbons (Fsp3) is 0.400. The average molecular weight is 341 g/mol. The van der Waals surface area contributed by atoms with Gasteiger partial charge in [0.2, 0.25) is 0 Å². The number of ether oxygens (including phenoxy) is 1. The summed E-state index contributed by atoms with van der Waals surface area (Å²) in [6, 6.07) is 3.66. The number of carbonyl (C=O) groups excluding carboxylic acids is 2. The number of methoxy groups -OCH3 is 1. The highest BCUT2D eigenvalue weighted by molar-refractivity contribution is 7.16. The summed E-state index contributed by atoms with van der Waals surface area (Å²) in [7, 11) is 1.33. The van der Waals surface area contributed by atoms with Crippen molar-refractivity contribution < 1.29 is 14.3 Å². The second-order valence-corrected chi connectivity index (χ2v) is 6.59. The molecule has 0 aliphatic rings. The number of fused-ring (bicyclic) bond motifs is 1. The summed E-state index contributed by atoms with van der Waals surface area (Å²) in [4.78, 5) is 28.2. The fourth-order valence-corrected chi connectivity index (χ4v) is 3.21. The van der Waals surface area contributed by atoms with E-state index in [-0.39, 0.29) is 18.4 Å². The molecular weight excluding hydrogens is 324 g/mol. The number of carbonyl (C=O) groups is 2. The molecule has 0 N–H and O–H groups in total. The van der Waals surface area contributed by atoms with Gasteiger partial charge in [-0.05, 0) is 24.6 Å². The second kappa shape index (κ2) is 6.62. The van der Waals surface area contributed by atoms with Crippen LogP contribution in [-0.4, -0.2) is 23.6 Å². The first kappa shape index (κ1) is 16.7. The number of amides is 1. The minimum Gasteiger partial charge on any atom is -0.468 e. The van der Waals surface area contributed by atoms with Gasteiger partial charge in [0, 0.05) is 10.9 Å². The summed E-state index contributed by atoms with van der Waals surface area (Å²) in [5.41, 5.74) is 1.65. The number of halogens is 1. The van der Waals surface area contributed by atoms with Crippen molar-refractivity contribution in [3.05, 3.63) is 27.5 Å². The predicted molar refractivity (Wildman–Crippen MR) is 87.0 cm³/mol. The molecule has 1 aromatic carbocycles. The smallest absolute Gasteiger partial charge is 0.325 e. The van der Waals surface area contributed by atoms with E-state index in [1.54, 1.807) is 24.5 Å². The average Bonchev–Trinajstić information content (AvgIpc) is 2.81. The van der Waals surface area contributed by atoms with Gasteiger partial charge in [0.1, 0.15) is 6.54 Å². The van der Waals surface area contributed by atoms with Crippen molar-refractivity contribution in [1.82, 2.24) is 4.57 Å². The lowest BCUT2D eigenvalue weighted by Crippen LogP contribution is -2.23. The molecule has 2 aromatic rings. The lowest BCUT2D eigenvalue weighted by molar-refractivity contribution is -0.141. The Bertz CT molecular complexity index is 805. The Labute approximate surface area is 137 Å². The second-order valence-electron chi connectivity index (χ2n) is 5.17. The van der Waals surface area contributed by atoms with Crippen LogP contribution in [0.15, 0.2) is 17.1 Å². The van der Waals surface area contributed by atoms with E-state index in [1.807, 2.05) is 13.0 Å². The van der Waals surface area contributed by atoms with Crippen molar-refractivity contribution >= 4 is 45.0 Å². The van der Waals surface area contributed by atoms with E-state index in [0.717, 1.165) is 15.8 Å². The molecule has 0 bridgehead atoms. The van der Waals surface area contributed by atoms with Crippen molar-refractivity contribution in [2.75, 3.05) is 7.11 Å². The third-order valence-electron chi connectivity index (χ3n) is 3.24.